The molecule has 124 valence electrons. The number of oxazole rings is 1. The molecule has 0 spiro atoms. The monoisotopic (exact) mass is 322 g/mol. The Balaban J connectivity index is 1.83. The minimum absolute atomic E-state index is 0.0428. The van der Waals surface area contributed by atoms with E-state index in [1.54, 1.807) is 4.90 Å². The van der Waals surface area contributed by atoms with Crippen LogP contribution in [0.3, 0.4) is 0 Å². The number of primary amides is 1. The number of ether oxygens (including phenoxy) is 1. The van der Waals surface area contributed by atoms with Crippen LogP contribution in [0, 0.1) is 5.82 Å². The van der Waals surface area contributed by atoms with Crippen LogP contribution in [-0.2, 0) is 9.53 Å². The molecule has 2 heterocycles. The van der Waals surface area contributed by atoms with Crippen molar-refractivity contribution in [2.24, 2.45) is 5.73 Å². The summed E-state index contributed by atoms with van der Waals surface area (Å²) in [5.41, 5.74) is 6.18. The van der Waals surface area contributed by atoms with Gasteiger partial charge in [-0.2, -0.15) is 4.98 Å². The lowest BCUT2D eigenvalue weighted by molar-refractivity contribution is -0.116. The number of amides is 1. The van der Waals surface area contributed by atoms with E-state index in [2.05, 4.69) is 9.88 Å². The third-order valence-electron chi connectivity index (χ3n) is 3.72. The largest absolute Gasteiger partial charge is 0.423 e. The standard InChI is InChI=1S/C15H19FN4O3/c1-19-4-5-22-11(7-19)8-20(9-14(17)21)15-18-12-6-10(16)2-3-13(12)23-15/h2-3,6,11H,4-5,7-9H2,1H3,(H2,17,21)/t11-/m0/s1. The molecule has 1 aliphatic rings. The topological polar surface area (TPSA) is 84.8 Å². The van der Waals surface area contributed by atoms with Crippen molar-refractivity contribution in [2.45, 2.75) is 6.10 Å². The molecule has 1 aliphatic heterocycles. The molecule has 1 atom stereocenters. The van der Waals surface area contributed by atoms with E-state index in [-0.39, 0.29) is 18.7 Å². The van der Waals surface area contributed by atoms with E-state index in [1.165, 1.54) is 18.2 Å². The summed E-state index contributed by atoms with van der Waals surface area (Å²) in [5.74, 6) is -0.890. The van der Waals surface area contributed by atoms with Gasteiger partial charge < -0.3 is 24.7 Å². The number of anilines is 1. The van der Waals surface area contributed by atoms with Crippen LogP contribution in [0.4, 0.5) is 10.4 Å². The summed E-state index contributed by atoms with van der Waals surface area (Å²) >= 11 is 0. The second kappa shape index (κ2) is 6.51. The first-order valence-electron chi connectivity index (χ1n) is 7.41. The van der Waals surface area contributed by atoms with Crippen molar-refractivity contribution in [3.63, 3.8) is 0 Å². The lowest BCUT2D eigenvalue weighted by Crippen LogP contribution is -2.47. The number of benzene rings is 1. The molecule has 1 fully saturated rings. The van der Waals surface area contributed by atoms with E-state index in [1.807, 2.05) is 7.05 Å². The first-order valence-corrected chi connectivity index (χ1v) is 7.41. The van der Waals surface area contributed by atoms with Crippen molar-refractivity contribution in [3.8, 4) is 0 Å². The van der Waals surface area contributed by atoms with E-state index < -0.39 is 11.7 Å². The van der Waals surface area contributed by atoms with Crippen LogP contribution in [0.15, 0.2) is 22.6 Å². The summed E-state index contributed by atoms with van der Waals surface area (Å²) in [7, 11) is 2.01. The van der Waals surface area contributed by atoms with Crippen molar-refractivity contribution in [1.82, 2.24) is 9.88 Å². The maximum Gasteiger partial charge on any atom is 0.298 e. The molecule has 1 amide bonds. The van der Waals surface area contributed by atoms with Crippen LogP contribution in [0.5, 0.6) is 0 Å². The molecule has 1 saturated heterocycles. The fourth-order valence-corrected chi connectivity index (χ4v) is 2.65. The summed E-state index contributed by atoms with van der Waals surface area (Å²) in [6.07, 6.45) is -0.0835. The van der Waals surface area contributed by atoms with E-state index >= 15 is 0 Å². The Morgan fingerprint density at radius 3 is 3.13 bits per heavy atom. The Hall–Kier alpha value is -2.19. The molecule has 2 aromatic rings. The van der Waals surface area contributed by atoms with Crippen LogP contribution >= 0.6 is 0 Å². The lowest BCUT2D eigenvalue weighted by Gasteiger charge is -2.32. The third-order valence-corrected chi connectivity index (χ3v) is 3.72. The van der Waals surface area contributed by atoms with Gasteiger partial charge in [0, 0.05) is 19.2 Å². The number of carbonyl (C=O) groups is 1. The molecule has 1 aromatic carbocycles. The molecule has 0 radical (unpaired) electrons. The summed E-state index contributed by atoms with van der Waals surface area (Å²) in [6.45, 7) is 2.62. The van der Waals surface area contributed by atoms with Gasteiger partial charge in [0.15, 0.2) is 5.58 Å². The second-order valence-corrected chi connectivity index (χ2v) is 5.71. The van der Waals surface area contributed by atoms with Gasteiger partial charge in [0.2, 0.25) is 5.91 Å². The van der Waals surface area contributed by atoms with Crippen LogP contribution in [0.25, 0.3) is 11.1 Å². The molecular formula is C15H19FN4O3. The lowest BCUT2D eigenvalue weighted by atomic mass is 10.2. The smallest absolute Gasteiger partial charge is 0.298 e. The van der Waals surface area contributed by atoms with Crippen LogP contribution in [0.1, 0.15) is 0 Å². The van der Waals surface area contributed by atoms with Crippen LogP contribution < -0.4 is 10.6 Å². The number of carbonyl (C=O) groups excluding carboxylic acids is 1. The van der Waals surface area contributed by atoms with Gasteiger partial charge in [-0.05, 0) is 19.2 Å². The molecule has 1 aromatic heterocycles. The van der Waals surface area contributed by atoms with E-state index in [4.69, 9.17) is 14.9 Å². The number of nitrogens with two attached hydrogens (primary N) is 1. The van der Waals surface area contributed by atoms with E-state index in [0.29, 0.717) is 24.3 Å². The number of likely N-dealkylation sites (N-methyl/N-ethyl adjacent to an activating group) is 1. The Kier molecular flexibility index (Phi) is 4.44. The van der Waals surface area contributed by atoms with Gasteiger partial charge in [0.1, 0.15) is 17.9 Å². The Labute approximate surface area is 132 Å². The van der Waals surface area contributed by atoms with E-state index in [9.17, 15) is 9.18 Å². The van der Waals surface area contributed by atoms with Crippen molar-refractivity contribution in [2.75, 3.05) is 44.7 Å². The molecule has 8 heteroatoms. The highest BCUT2D eigenvalue weighted by Crippen LogP contribution is 2.23. The number of halogens is 1. The van der Waals surface area contributed by atoms with Crippen molar-refractivity contribution >= 4 is 23.0 Å². The van der Waals surface area contributed by atoms with Gasteiger partial charge in [-0.1, -0.05) is 0 Å². The normalized spacial score (nSPS) is 19.1. The van der Waals surface area contributed by atoms with Crippen LogP contribution in [-0.4, -0.2) is 61.7 Å². The zero-order valence-electron chi connectivity index (χ0n) is 12.9. The molecule has 3 rings (SSSR count). The van der Waals surface area contributed by atoms with Gasteiger partial charge in [-0.15, -0.1) is 0 Å². The Morgan fingerprint density at radius 1 is 1.57 bits per heavy atom. The van der Waals surface area contributed by atoms with E-state index in [0.717, 1.165) is 13.1 Å². The summed E-state index contributed by atoms with van der Waals surface area (Å²) in [5, 5.41) is 0. The highest BCUT2D eigenvalue weighted by atomic mass is 19.1. The Morgan fingerprint density at radius 2 is 2.39 bits per heavy atom. The molecule has 0 saturated carbocycles. The Bertz CT molecular complexity index is 705. The minimum atomic E-state index is -0.498. The first kappa shape index (κ1) is 15.7. The zero-order valence-corrected chi connectivity index (χ0v) is 12.9. The zero-order chi connectivity index (χ0) is 16.4. The number of hydrogen-bond donors (Lipinski definition) is 1. The maximum atomic E-state index is 13.3. The molecule has 0 bridgehead atoms. The van der Waals surface area contributed by atoms with Gasteiger partial charge in [0.05, 0.1) is 19.3 Å². The molecule has 0 unspecified atom stereocenters. The first-order chi connectivity index (χ1) is 11.0. The van der Waals surface area contributed by atoms with Gasteiger partial charge in [-0.3, -0.25) is 4.79 Å². The molecule has 7 nitrogen and oxygen atoms in total. The molecule has 0 aliphatic carbocycles. The average molecular weight is 322 g/mol. The fraction of sp³-hybridized carbons (Fsp3) is 0.467. The van der Waals surface area contributed by atoms with Crippen LogP contribution in [0.2, 0.25) is 0 Å². The number of hydrogen-bond acceptors (Lipinski definition) is 6. The third kappa shape index (κ3) is 3.77. The van der Waals surface area contributed by atoms with Gasteiger partial charge >= 0.3 is 0 Å². The fourth-order valence-electron chi connectivity index (χ4n) is 2.65. The SMILES string of the molecule is CN1CCO[C@H](CN(CC(N)=O)c2nc3cc(F)ccc3o2)C1. The maximum absolute atomic E-state index is 13.3. The summed E-state index contributed by atoms with van der Waals surface area (Å²) in [6, 6.07) is 4.33. The quantitative estimate of drug-likeness (QED) is 0.867. The predicted molar refractivity (Wildman–Crippen MR) is 82.6 cm³/mol. The van der Waals surface area contributed by atoms with Crippen molar-refractivity contribution in [3.05, 3.63) is 24.0 Å². The molecule has 23 heavy (non-hydrogen) atoms. The number of morpholine rings is 1. The highest BCUT2D eigenvalue weighted by molar-refractivity contribution is 5.80. The summed E-state index contributed by atoms with van der Waals surface area (Å²) < 4.78 is 24.6. The van der Waals surface area contributed by atoms with Crippen molar-refractivity contribution < 1.29 is 18.3 Å². The highest BCUT2D eigenvalue weighted by Gasteiger charge is 2.24. The molecule has 2 N–H and O–H groups in total. The molecular weight excluding hydrogens is 303 g/mol. The van der Waals surface area contributed by atoms with Crippen molar-refractivity contribution in [1.29, 1.82) is 0 Å². The second-order valence-electron chi connectivity index (χ2n) is 5.71. The van der Waals surface area contributed by atoms with Gasteiger partial charge in [-0.25, -0.2) is 4.39 Å². The predicted octanol–water partition coefficient (Wildman–Crippen LogP) is 0.589. The number of aromatic nitrogens is 1. The number of rotatable bonds is 5. The number of nitrogens with zero attached hydrogens (tertiary/aromatic N) is 3. The minimum Gasteiger partial charge on any atom is -0.423 e. The number of fused-ring (bicyclic) bond motifs is 1. The summed E-state index contributed by atoms with van der Waals surface area (Å²) in [4.78, 5) is 19.4. The average Bonchev–Trinajstić information content (AvgIpc) is 2.89. The van der Waals surface area contributed by atoms with Gasteiger partial charge in [0.25, 0.3) is 6.01 Å².